The van der Waals surface area contributed by atoms with E-state index in [1.165, 1.54) is 13.2 Å². The van der Waals surface area contributed by atoms with Crippen LogP contribution >= 0.6 is 0 Å². The van der Waals surface area contributed by atoms with E-state index >= 15 is 0 Å². The second kappa shape index (κ2) is 3.69. The van der Waals surface area contributed by atoms with Gasteiger partial charge in [-0.2, -0.15) is 0 Å². The predicted octanol–water partition coefficient (Wildman–Crippen LogP) is 1.24. The molecule has 0 aromatic heterocycles. The summed E-state index contributed by atoms with van der Waals surface area (Å²) in [5, 5.41) is 0. The first-order valence-corrected chi connectivity index (χ1v) is 4.46. The Morgan fingerprint density at radius 2 is 2.08 bits per heavy atom. The van der Waals surface area contributed by atoms with Crippen LogP contribution < -0.4 is 4.74 Å². The molecule has 12 heavy (non-hydrogen) atoms. The van der Waals surface area contributed by atoms with Crippen molar-refractivity contribution in [3.63, 3.8) is 0 Å². The van der Waals surface area contributed by atoms with Crippen LogP contribution in [0.2, 0.25) is 0 Å². The second-order valence-corrected chi connectivity index (χ2v) is 3.36. The third-order valence-electron chi connectivity index (χ3n) is 1.45. The summed E-state index contributed by atoms with van der Waals surface area (Å²) in [5.74, 6) is 0.564. The summed E-state index contributed by atoms with van der Waals surface area (Å²) in [6, 6.07) is 4.85. The lowest BCUT2D eigenvalue weighted by Gasteiger charge is -2.08. The molecule has 0 saturated heterocycles. The number of methoxy groups -OCH3 is 1. The molecule has 0 saturated carbocycles. The number of hydrogen-bond acceptors (Lipinski definition) is 3. The van der Waals surface area contributed by atoms with E-state index in [1.54, 1.807) is 12.1 Å². The molecule has 0 amide bonds. The fourth-order valence-corrected chi connectivity index (χ4v) is 1.42. The SMILES string of the molecule is COc1cc(C)cc(S(=O)[O-])c1. The number of hydrogen-bond donors (Lipinski definition) is 0. The Bertz CT molecular complexity index is 309. The van der Waals surface area contributed by atoms with Crippen LogP contribution in [0.3, 0.4) is 0 Å². The van der Waals surface area contributed by atoms with Crippen LogP contribution in [0.1, 0.15) is 5.56 Å². The van der Waals surface area contributed by atoms with Gasteiger partial charge in [-0.25, -0.2) is 0 Å². The average Bonchev–Trinajstić information content (AvgIpc) is 2.03. The quantitative estimate of drug-likeness (QED) is 0.651. The van der Waals surface area contributed by atoms with Crippen molar-refractivity contribution in [1.82, 2.24) is 0 Å². The lowest BCUT2D eigenvalue weighted by molar-refractivity contribution is 0.413. The molecule has 1 unspecified atom stereocenters. The number of aryl methyl sites for hydroxylation is 1. The Kier molecular flexibility index (Phi) is 2.83. The van der Waals surface area contributed by atoms with Gasteiger partial charge in [0.15, 0.2) is 0 Å². The Morgan fingerprint density at radius 3 is 2.58 bits per heavy atom. The summed E-state index contributed by atoms with van der Waals surface area (Å²) in [6.07, 6.45) is 0. The van der Waals surface area contributed by atoms with Crippen molar-refractivity contribution in [3.8, 4) is 5.75 Å². The molecule has 0 fully saturated rings. The molecule has 0 N–H and O–H groups in total. The summed E-state index contributed by atoms with van der Waals surface area (Å²) in [7, 11) is 1.51. The van der Waals surface area contributed by atoms with Crippen molar-refractivity contribution in [3.05, 3.63) is 23.8 Å². The molecule has 0 heterocycles. The van der Waals surface area contributed by atoms with Crippen LogP contribution in [-0.2, 0) is 11.1 Å². The Labute approximate surface area is 73.7 Å². The molecular formula is C8H9O3S-. The van der Waals surface area contributed by atoms with E-state index in [-0.39, 0.29) is 4.90 Å². The maximum Gasteiger partial charge on any atom is 0.120 e. The van der Waals surface area contributed by atoms with Gasteiger partial charge in [0, 0.05) is 4.90 Å². The van der Waals surface area contributed by atoms with E-state index in [4.69, 9.17) is 4.74 Å². The topological polar surface area (TPSA) is 49.4 Å². The molecule has 1 aromatic carbocycles. The van der Waals surface area contributed by atoms with E-state index in [2.05, 4.69) is 0 Å². The fourth-order valence-electron chi connectivity index (χ4n) is 0.928. The van der Waals surface area contributed by atoms with Crippen LogP contribution in [-0.4, -0.2) is 15.9 Å². The first kappa shape index (κ1) is 9.22. The van der Waals surface area contributed by atoms with Crippen molar-refractivity contribution in [1.29, 1.82) is 0 Å². The lowest BCUT2D eigenvalue weighted by atomic mass is 10.2. The van der Waals surface area contributed by atoms with E-state index in [9.17, 15) is 8.76 Å². The largest absolute Gasteiger partial charge is 0.768 e. The van der Waals surface area contributed by atoms with Crippen LogP contribution in [0.25, 0.3) is 0 Å². The van der Waals surface area contributed by atoms with Gasteiger partial charge in [-0.1, -0.05) is 0 Å². The van der Waals surface area contributed by atoms with Gasteiger partial charge in [0.2, 0.25) is 0 Å². The minimum absolute atomic E-state index is 0.256. The predicted molar refractivity (Wildman–Crippen MR) is 44.9 cm³/mol. The highest BCUT2D eigenvalue weighted by atomic mass is 32.2. The van der Waals surface area contributed by atoms with E-state index < -0.39 is 11.1 Å². The molecule has 0 radical (unpaired) electrons. The number of ether oxygens (including phenoxy) is 1. The zero-order chi connectivity index (χ0) is 9.14. The monoisotopic (exact) mass is 185 g/mol. The van der Waals surface area contributed by atoms with Crippen molar-refractivity contribution < 1.29 is 13.5 Å². The maximum absolute atomic E-state index is 10.6. The molecule has 0 bridgehead atoms. The fraction of sp³-hybridized carbons (Fsp3) is 0.250. The molecule has 0 spiro atoms. The summed E-state index contributed by atoms with van der Waals surface area (Å²) < 4.78 is 26.0. The summed E-state index contributed by atoms with van der Waals surface area (Å²) in [5.41, 5.74) is 0.869. The molecular weight excluding hydrogens is 176 g/mol. The zero-order valence-electron chi connectivity index (χ0n) is 6.87. The molecule has 1 aromatic rings. The molecule has 0 aliphatic carbocycles. The van der Waals surface area contributed by atoms with Crippen molar-refractivity contribution >= 4 is 11.1 Å². The van der Waals surface area contributed by atoms with Gasteiger partial charge in [0.25, 0.3) is 0 Å². The molecule has 1 rings (SSSR count). The lowest BCUT2D eigenvalue weighted by Crippen LogP contribution is -1.91. The number of benzene rings is 1. The highest BCUT2D eigenvalue weighted by Crippen LogP contribution is 2.17. The smallest absolute Gasteiger partial charge is 0.120 e. The molecule has 0 aliphatic heterocycles. The van der Waals surface area contributed by atoms with Crippen molar-refractivity contribution in [2.75, 3.05) is 7.11 Å². The molecule has 0 aliphatic rings. The van der Waals surface area contributed by atoms with Gasteiger partial charge in [-0.3, -0.25) is 4.21 Å². The zero-order valence-corrected chi connectivity index (χ0v) is 7.68. The third kappa shape index (κ3) is 2.06. The molecule has 4 heteroatoms. The molecule has 3 nitrogen and oxygen atoms in total. The Hall–Kier alpha value is -0.870. The Balaban J connectivity index is 3.15. The summed E-state index contributed by atoms with van der Waals surface area (Å²) in [4.78, 5) is 0.256. The highest BCUT2D eigenvalue weighted by Gasteiger charge is 1.97. The van der Waals surface area contributed by atoms with Crippen LogP contribution in [0.15, 0.2) is 23.1 Å². The standard InChI is InChI=1S/C8H10O3S/c1-6-3-7(11-2)5-8(4-6)12(9)10/h3-5H,1-2H3,(H,9,10)/p-1. The normalized spacial score (nSPS) is 12.6. The van der Waals surface area contributed by atoms with Crippen LogP contribution in [0.5, 0.6) is 5.75 Å². The first-order valence-electron chi connectivity index (χ1n) is 3.38. The summed E-state index contributed by atoms with van der Waals surface area (Å²) >= 11 is -2.18. The minimum atomic E-state index is -2.18. The van der Waals surface area contributed by atoms with E-state index in [0.717, 1.165) is 5.56 Å². The third-order valence-corrected chi connectivity index (χ3v) is 2.07. The molecule has 66 valence electrons. The Morgan fingerprint density at radius 1 is 1.42 bits per heavy atom. The van der Waals surface area contributed by atoms with Gasteiger partial charge in [-0.15, -0.1) is 0 Å². The molecule has 1 atom stereocenters. The number of rotatable bonds is 2. The van der Waals surface area contributed by atoms with Crippen LogP contribution in [0.4, 0.5) is 0 Å². The van der Waals surface area contributed by atoms with E-state index in [0.29, 0.717) is 5.75 Å². The van der Waals surface area contributed by atoms with Gasteiger partial charge >= 0.3 is 0 Å². The maximum atomic E-state index is 10.6. The van der Waals surface area contributed by atoms with Gasteiger partial charge in [0.05, 0.1) is 7.11 Å². The highest BCUT2D eigenvalue weighted by molar-refractivity contribution is 7.79. The van der Waals surface area contributed by atoms with E-state index in [1.807, 2.05) is 6.92 Å². The van der Waals surface area contributed by atoms with Gasteiger partial charge < -0.3 is 9.29 Å². The van der Waals surface area contributed by atoms with Crippen molar-refractivity contribution in [2.45, 2.75) is 11.8 Å². The van der Waals surface area contributed by atoms with Gasteiger partial charge in [-0.05, 0) is 41.8 Å². The minimum Gasteiger partial charge on any atom is -0.768 e. The average molecular weight is 185 g/mol. The van der Waals surface area contributed by atoms with Gasteiger partial charge in [0.1, 0.15) is 5.75 Å². The van der Waals surface area contributed by atoms with Crippen LogP contribution in [0, 0.1) is 6.92 Å². The first-order chi connectivity index (χ1) is 5.63. The van der Waals surface area contributed by atoms with Crippen molar-refractivity contribution in [2.24, 2.45) is 0 Å². The summed E-state index contributed by atoms with van der Waals surface area (Å²) in [6.45, 7) is 1.82. The second-order valence-electron chi connectivity index (χ2n) is 2.42.